The number of amides is 2. The fourth-order valence-electron chi connectivity index (χ4n) is 4.16. The lowest BCUT2D eigenvalue weighted by molar-refractivity contribution is -0.147. The smallest absolute Gasteiger partial charge is 0.307 e. The molecule has 4 rings (SSSR count). The Morgan fingerprint density at radius 3 is 2.44 bits per heavy atom. The lowest BCUT2D eigenvalue weighted by Crippen LogP contribution is -2.36. The van der Waals surface area contributed by atoms with Gasteiger partial charge in [0.05, 0.1) is 27.8 Å². The van der Waals surface area contributed by atoms with Crippen molar-refractivity contribution in [1.29, 1.82) is 0 Å². The zero-order chi connectivity index (χ0) is 24.2. The van der Waals surface area contributed by atoms with Crippen LogP contribution in [0.3, 0.4) is 0 Å². The van der Waals surface area contributed by atoms with Crippen molar-refractivity contribution in [3.05, 3.63) is 47.5 Å². The van der Waals surface area contributed by atoms with E-state index in [-0.39, 0.29) is 17.6 Å². The lowest BCUT2D eigenvalue weighted by Gasteiger charge is -2.27. The van der Waals surface area contributed by atoms with Crippen molar-refractivity contribution in [3.8, 4) is 0 Å². The molecule has 0 radical (unpaired) electrons. The second-order valence-corrected chi connectivity index (χ2v) is 10.9. The number of aryl methyl sites for hydroxylation is 2. The molecule has 0 unspecified atom stereocenters. The van der Waals surface area contributed by atoms with E-state index in [1.54, 1.807) is 6.07 Å². The van der Waals surface area contributed by atoms with Gasteiger partial charge in [-0.3, -0.25) is 14.4 Å². The highest BCUT2D eigenvalue weighted by atomic mass is 32.2. The van der Waals surface area contributed by atoms with Gasteiger partial charge in [-0.2, -0.15) is 0 Å². The minimum Gasteiger partial charge on any atom is -0.481 e. The zero-order valence-electron chi connectivity index (χ0n) is 19.1. The van der Waals surface area contributed by atoms with Crippen molar-refractivity contribution in [1.82, 2.24) is 4.98 Å². The summed E-state index contributed by atoms with van der Waals surface area (Å²) in [6.45, 7) is 4.04. The first-order valence-electron chi connectivity index (χ1n) is 11.2. The molecule has 1 aliphatic carbocycles. The Hall–Kier alpha value is -2.91. The summed E-state index contributed by atoms with van der Waals surface area (Å²) in [5.41, 5.74) is 4.50. The predicted molar refractivity (Wildman–Crippen MR) is 137 cm³/mol. The summed E-state index contributed by atoms with van der Waals surface area (Å²) in [5, 5.41) is 15.3. The number of carboxylic acid groups (broad SMARTS) is 1. The van der Waals surface area contributed by atoms with Crippen LogP contribution in [0.2, 0.25) is 0 Å². The van der Waals surface area contributed by atoms with Gasteiger partial charge in [0.2, 0.25) is 11.8 Å². The molecule has 1 heterocycles. The fourth-order valence-corrected chi connectivity index (χ4v) is 6.07. The third-order valence-electron chi connectivity index (χ3n) is 6.17. The highest BCUT2D eigenvalue weighted by Crippen LogP contribution is 2.33. The first-order valence-corrected chi connectivity index (χ1v) is 13.0. The normalized spacial score (nSPS) is 17.9. The van der Waals surface area contributed by atoms with Gasteiger partial charge in [-0.25, -0.2) is 4.98 Å². The highest BCUT2D eigenvalue weighted by molar-refractivity contribution is 8.01. The van der Waals surface area contributed by atoms with E-state index in [9.17, 15) is 19.5 Å². The number of aliphatic carboxylic acids is 1. The first-order chi connectivity index (χ1) is 16.3. The molecule has 9 heteroatoms. The molecule has 1 aromatic heterocycles. The maximum absolute atomic E-state index is 12.8. The average Bonchev–Trinajstić information content (AvgIpc) is 3.22. The van der Waals surface area contributed by atoms with Crippen LogP contribution in [-0.2, 0) is 14.4 Å². The molecular weight excluding hydrogens is 470 g/mol. The fraction of sp³-hybridized carbons (Fsp3) is 0.360. The summed E-state index contributed by atoms with van der Waals surface area (Å²) in [4.78, 5) is 41.2. The summed E-state index contributed by atoms with van der Waals surface area (Å²) < 4.78 is 1.67. The van der Waals surface area contributed by atoms with Crippen LogP contribution < -0.4 is 10.6 Å². The summed E-state index contributed by atoms with van der Waals surface area (Å²) >= 11 is 2.83. The molecule has 0 saturated heterocycles. The predicted octanol–water partition coefficient (Wildman–Crippen LogP) is 5.47. The van der Waals surface area contributed by atoms with Crippen LogP contribution in [0.15, 0.2) is 40.7 Å². The molecule has 2 amide bonds. The van der Waals surface area contributed by atoms with E-state index >= 15 is 0 Å². The van der Waals surface area contributed by atoms with Gasteiger partial charge in [-0.1, -0.05) is 30.7 Å². The SMILES string of the molecule is Cc1ccc(NC(=O)CSc2nc3ccc(NC(=O)[C@@H]4CCCC[C@@H]4C(=O)O)cc3s2)cc1C. The van der Waals surface area contributed by atoms with Crippen LogP contribution in [0.25, 0.3) is 10.2 Å². The summed E-state index contributed by atoms with van der Waals surface area (Å²) in [6.07, 6.45) is 2.85. The number of hydrogen-bond donors (Lipinski definition) is 3. The number of nitrogens with zero attached hydrogens (tertiary/aromatic N) is 1. The Bertz CT molecular complexity index is 1240. The molecule has 3 aromatic rings. The Labute approximate surface area is 206 Å². The molecule has 0 spiro atoms. The van der Waals surface area contributed by atoms with Gasteiger partial charge in [0.25, 0.3) is 0 Å². The molecule has 1 saturated carbocycles. The average molecular weight is 498 g/mol. The van der Waals surface area contributed by atoms with Crippen molar-refractivity contribution in [2.24, 2.45) is 11.8 Å². The van der Waals surface area contributed by atoms with Crippen molar-refractivity contribution in [2.75, 3.05) is 16.4 Å². The third-order valence-corrected chi connectivity index (χ3v) is 8.33. The molecule has 178 valence electrons. The van der Waals surface area contributed by atoms with E-state index in [2.05, 4.69) is 15.6 Å². The largest absolute Gasteiger partial charge is 0.481 e. The second kappa shape index (κ2) is 10.6. The van der Waals surface area contributed by atoms with Crippen molar-refractivity contribution in [3.63, 3.8) is 0 Å². The number of carbonyl (C=O) groups excluding carboxylic acids is 2. The monoisotopic (exact) mass is 497 g/mol. The van der Waals surface area contributed by atoms with Crippen LogP contribution in [0, 0.1) is 25.7 Å². The minimum absolute atomic E-state index is 0.0964. The maximum atomic E-state index is 12.8. The number of thioether (sulfide) groups is 1. The number of hydrogen-bond acceptors (Lipinski definition) is 6. The van der Waals surface area contributed by atoms with Crippen molar-refractivity contribution in [2.45, 2.75) is 43.9 Å². The Balaban J connectivity index is 1.37. The van der Waals surface area contributed by atoms with Crippen molar-refractivity contribution < 1.29 is 19.5 Å². The minimum atomic E-state index is -0.902. The molecular formula is C25H27N3O4S2. The van der Waals surface area contributed by atoms with Gasteiger partial charge < -0.3 is 15.7 Å². The van der Waals surface area contributed by atoms with Crippen molar-refractivity contribution >= 4 is 62.5 Å². The molecule has 2 aromatic carbocycles. The Kier molecular flexibility index (Phi) is 7.53. The number of carboxylic acids is 1. The quantitative estimate of drug-likeness (QED) is 0.373. The number of aromatic nitrogens is 1. The number of thiazole rings is 1. The molecule has 7 nitrogen and oxygen atoms in total. The number of nitrogens with one attached hydrogen (secondary N) is 2. The van der Waals surface area contributed by atoms with E-state index < -0.39 is 17.8 Å². The summed E-state index contributed by atoms with van der Waals surface area (Å²) in [5.74, 6) is -2.13. The number of anilines is 2. The molecule has 1 aliphatic rings. The number of fused-ring (bicyclic) bond motifs is 1. The van der Waals surface area contributed by atoms with Gasteiger partial charge in [-0.05, 0) is 68.1 Å². The van der Waals surface area contributed by atoms with Crippen LogP contribution in [0.1, 0.15) is 36.8 Å². The summed E-state index contributed by atoms with van der Waals surface area (Å²) in [7, 11) is 0. The molecule has 34 heavy (non-hydrogen) atoms. The third kappa shape index (κ3) is 5.77. The maximum Gasteiger partial charge on any atom is 0.307 e. The Morgan fingerprint density at radius 1 is 1.00 bits per heavy atom. The first kappa shape index (κ1) is 24.2. The number of benzene rings is 2. The van der Waals surface area contributed by atoms with Crippen LogP contribution in [-0.4, -0.2) is 33.6 Å². The molecule has 0 bridgehead atoms. The standard InChI is InChI=1S/C25H27N3O4S2/c1-14-7-8-16(11-15(14)2)26-22(29)13-33-25-28-20-10-9-17(12-21(20)34-25)27-23(30)18-5-3-4-6-19(18)24(31)32/h7-12,18-19H,3-6,13H2,1-2H3,(H,26,29)(H,27,30)(H,31,32)/t18-,19+/m1/s1. The van der Waals surface area contributed by atoms with Gasteiger partial charge >= 0.3 is 5.97 Å². The van der Waals surface area contributed by atoms with Crippen LogP contribution in [0.5, 0.6) is 0 Å². The number of rotatable bonds is 7. The van der Waals surface area contributed by atoms with E-state index in [4.69, 9.17) is 0 Å². The van der Waals surface area contributed by atoms with Crippen LogP contribution >= 0.6 is 23.1 Å². The number of carbonyl (C=O) groups is 3. The Morgan fingerprint density at radius 2 is 1.71 bits per heavy atom. The van der Waals surface area contributed by atoms with E-state index in [0.29, 0.717) is 18.5 Å². The molecule has 0 aliphatic heterocycles. The highest BCUT2D eigenvalue weighted by Gasteiger charge is 2.35. The van der Waals surface area contributed by atoms with E-state index in [0.717, 1.165) is 38.6 Å². The van der Waals surface area contributed by atoms with E-state index in [1.165, 1.54) is 28.7 Å². The zero-order valence-corrected chi connectivity index (χ0v) is 20.7. The van der Waals surface area contributed by atoms with Gasteiger partial charge in [0.1, 0.15) is 0 Å². The molecule has 2 atom stereocenters. The molecule has 3 N–H and O–H groups in total. The van der Waals surface area contributed by atoms with Crippen LogP contribution in [0.4, 0.5) is 11.4 Å². The second-order valence-electron chi connectivity index (χ2n) is 8.62. The topological polar surface area (TPSA) is 108 Å². The van der Waals surface area contributed by atoms with Gasteiger partial charge in [-0.15, -0.1) is 11.3 Å². The lowest BCUT2D eigenvalue weighted by atomic mass is 9.78. The summed E-state index contributed by atoms with van der Waals surface area (Å²) in [6, 6.07) is 11.3. The van der Waals surface area contributed by atoms with Gasteiger partial charge in [0.15, 0.2) is 4.34 Å². The van der Waals surface area contributed by atoms with E-state index in [1.807, 2.05) is 44.2 Å². The van der Waals surface area contributed by atoms with Gasteiger partial charge in [0, 0.05) is 11.4 Å². The molecule has 1 fully saturated rings.